The van der Waals surface area contributed by atoms with Crippen LogP contribution in [0.25, 0.3) is 5.69 Å². The molecular formula is C16H22Cl2N4O4S2. The van der Waals surface area contributed by atoms with Crippen LogP contribution in [-0.4, -0.2) is 31.8 Å². The number of benzene rings is 1. The van der Waals surface area contributed by atoms with Crippen molar-refractivity contribution in [3.05, 3.63) is 33.9 Å². The van der Waals surface area contributed by atoms with Crippen LogP contribution in [0, 0.1) is 12.8 Å². The molecule has 1 heterocycles. The van der Waals surface area contributed by atoms with E-state index in [0.717, 1.165) is 18.5 Å². The van der Waals surface area contributed by atoms with E-state index in [4.69, 9.17) is 27.5 Å². The van der Waals surface area contributed by atoms with Gasteiger partial charge >= 0.3 is 0 Å². The van der Waals surface area contributed by atoms with Crippen LogP contribution in [0.1, 0.15) is 26.0 Å². The highest BCUT2D eigenvalue weighted by Gasteiger charge is 2.22. The van der Waals surface area contributed by atoms with Crippen molar-refractivity contribution in [3.63, 3.8) is 0 Å². The summed E-state index contributed by atoms with van der Waals surface area (Å²) in [5, 5.41) is 5.13. The third-order valence-electron chi connectivity index (χ3n) is 3.87. The molecule has 2 rings (SSSR count). The fourth-order valence-electron chi connectivity index (χ4n) is 2.15. The van der Waals surface area contributed by atoms with Crippen LogP contribution in [0.4, 0.5) is 0 Å². The molecule has 0 bridgehead atoms. The van der Waals surface area contributed by atoms with E-state index < -0.39 is 10.0 Å². The van der Waals surface area contributed by atoms with Crippen LogP contribution in [-0.2, 0) is 19.3 Å². The van der Waals surface area contributed by atoms with E-state index in [2.05, 4.69) is 20.3 Å². The van der Waals surface area contributed by atoms with Gasteiger partial charge in [0.05, 0.1) is 33.5 Å². The number of hydrogen-bond acceptors (Lipinski definition) is 7. The first kappa shape index (κ1) is 23.4. The van der Waals surface area contributed by atoms with E-state index in [1.807, 2.05) is 13.8 Å². The van der Waals surface area contributed by atoms with Gasteiger partial charge < -0.3 is 0 Å². The Morgan fingerprint density at radius 1 is 1.29 bits per heavy atom. The number of hydrogen-bond donors (Lipinski definition) is 2. The lowest BCUT2D eigenvalue weighted by molar-refractivity contribution is -0.238. The SMILES string of the molecule is CCC(C)CNS(=O)(=O)c1cc(Cl)c(-n2nc(C)cc2SOONC)cc1Cl. The highest BCUT2D eigenvalue weighted by atomic mass is 35.5. The van der Waals surface area contributed by atoms with Crippen LogP contribution in [0.2, 0.25) is 10.0 Å². The van der Waals surface area contributed by atoms with Gasteiger partial charge in [-0.2, -0.15) is 10.6 Å². The summed E-state index contributed by atoms with van der Waals surface area (Å²) < 4.78 is 34.2. The van der Waals surface area contributed by atoms with Gasteiger partial charge in [-0.15, -0.1) is 9.32 Å². The van der Waals surface area contributed by atoms with Gasteiger partial charge in [0.2, 0.25) is 10.0 Å². The van der Waals surface area contributed by atoms with Gasteiger partial charge in [-0.3, -0.25) is 0 Å². The molecule has 0 spiro atoms. The highest BCUT2D eigenvalue weighted by Crippen LogP contribution is 2.33. The second kappa shape index (κ2) is 10.3. The lowest BCUT2D eigenvalue weighted by Crippen LogP contribution is -2.28. The quantitative estimate of drug-likeness (QED) is 0.236. The van der Waals surface area contributed by atoms with Crippen molar-refractivity contribution >= 4 is 45.3 Å². The minimum Gasteiger partial charge on any atom is -0.223 e. The highest BCUT2D eigenvalue weighted by molar-refractivity contribution is 7.94. The number of nitrogens with zero attached hydrogens (tertiary/aromatic N) is 2. The zero-order chi connectivity index (χ0) is 20.9. The summed E-state index contributed by atoms with van der Waals surface area (Å²) in [6, 6.07) is 4.53. The maximum absolute atomic E-state index is 12.6. The molecule has 8 nitrogen and oxygen atoms in total. The van der Waals surface area contributed by atoms with Crippen molar-refractivity contribution < 1.29 is 17.7 Å². The Balaban J connectivity index is 2.37. The summed E-state index contributed by atoms with van der Waals surface area (Å²) in [4.78, 5) is 4.55. The van der Waals surface area contributed by atoms with Crippen molar-refractivity contribution in [2.75, 3.05) is 13.6 Å². The number of sulfonamides is 1. The Bertz CT molecular complexity index is 922. The summed E-state index contributed by atoms with van der Waals surface area (Å²) in [7, 11) is -2.24. The number of nitrogens with one attached hydrogen (secondary N) is 2. The molecule has 1 aromatic carbocycles. The van der Waals surface area contributed by atoms with E-state index in [1.54, 1.807) is 20.0 Å². The Morgan fingerprint density at radius 2 is 2.00 bits per heavy atom. The van der Waals surface area contributed by atoms with E-state index in [1.165, 1.54) is 16.8 Å². The predicted octanol–water partition coefficient (Wildman–Crippen LogP) is 3.90. The number of halogens is 2. The first-order chi connectivity index (χ1) is 13.2. The normalized spacial score (nSPS) is 13.1. The Labute approximate surface area is 179 Å². The standard InChI is InChI=1S/C16H22Cl2N4O4S2/c1-5-10(2)9-20-28(23,24)15-8-12(17)14(7-13(15)18)22-16(6-11(3)21-22)27-26-25-19-4/h6-8,10,19-20H,5,9H2,1-4H3. The average Bonchev–Trinajstić information content (AvgIpc) is 3.01. The van der Waals surface area contributed by atoms with Crippen LogP contribution in [0.15, 0.2) is 28.1 Å². The fourth-order valence-corrected chi connectivity index (χ4v) is 4.77. The second-order valence-corrected chi connectivity index (χ2v) is 9.34. The molecule has 2 N–H and O–H groups in total. The maximum atomic E-state index is 12.6. The van der Waals surface area contributed by atoms with Gasteiger partial charge in [0.25, 0.3) is 0 Å². The molecule has 1 aromatic heterocycles. The minimum absolute atomic E-state index is 0.0348. The van der Waals surface area contributed by atoms with Gasteiger partial charge in [0.15, 0.2) is 0 Å². The third kappa shape index (κ3) is 5.83. The summed E-state index contributed by atoms with van der Waals surface area (Å²) in [6.45, 7) is 6.06. The first-order valence-corrected chi connectivity index (χ1v) is 11.4. The first-order valence-electron chi connectivity index (χ1n) is 8.42. The molecule has 0 aliphatic carbocycles. The Morgan fingerprint density at radius 3 is 2.64 bits per heavy atom. The summed E-state index contributed by atoms with van der Waals surface area (Å²) >= 11 is 13.6. The van der Waals surface area contributed by atoms with Gasteiger partial charge in [0, 0.05) is 13.6 Å². The van der Waals surface area contributed by atoms with Crippen molar-refractivity contribution in [2.24, 2.45) is 5.92 Å². The van der Waals surface area contributed by atoms with Gasteiger partial charge in [0.1, 0.15) is 9.92 Å². The lowest BCUT2D eigenvalue weighted by Gasteiger charge is -2.14. The minimum atomic E-state index is -3.79. The molecule has 0 amide bonds. The second-order valence-electron chi connectivity index (χ2n) is 6.07. The van der Waals surface area contributed by atoms with Gasteiger partial charge in [-0.1, -0.05) is 43.5 Å². The van der Waals surface area contributed by atoms with E-state index in [9.17, 15) is 8.42 Å². The van der Waals surface area contributed by atoms with Gasteiger partial charge in [-0.25, -0.2) is 17.8 Å². The largest absolute Gasteiger partial charge is 0.242 e. The molecule has 0 saturated carbocycles. The molecule has 0 aliphatic rings. The van der Waals surface area contributed by atoms with Crippen molar-refractivity contribution in [3.8, 4) is 5.69 Å². The molecule has 0 fully saturated rings. The zero-order valence-corrected chi connectivity index (χ0v) is 19.0. The van der Waals surface area contributed by atoms with Crippen LogP contribution in [0.5, 0.6) is 0 Å². The maximum Gasteiger partial charge on any atom is 0.242 e. The molecule has 0 radical (unpaired) electrons. The lowest BCUT2D eigenvalue weighted by atomic mass is 10.1. The fraction of sp³-hybridized carbons (Fsp3) is 0.438. The zero-order valence-electron chi connectivity index (χ0n) is 15.8. The Kier molecular flexibility index (Phi) is 8.59. The summed E-state index contributed by atoms with van der Waals surface area (Å²) in [6.07, 6.45) is 0.856. The molecule has 1 unspecified atom stereocenters. The molecule has 28 heavy (non-hydrogen) atoms. The van der Waals surface area contributed by atoms with Crippen molar-refractivity contribution in [1.29, 1.82) is 0 Å². The summed E-state index contributed by atoms with van der Waals surface area (Å²) in [5.74, 6) is 0.203. The van der Waals surface area contributed by atoms with E-state index >= 15 is 0 Å². The number of hydroxylamine groups is 1. The Hall–Kier alpha value is -0.850. The number of aryl methyl sites for hydroxylation is 1. The monoisotopic (exact) mass is 468 g/mol. The molecular weight excluding hydrogens is 447 g/mol. The van der Waals surface area contributed by atoms with Crippen LogP contribution in [0.3, 0.4) is 0 Å². The molecule has 156 valence electrons. The van der Waals surface area contributed by atoms with Crippen LogP contribution >= 0.6 is 35.2 Å². The van der Waals surface area contributed by atoms with Gasteiger partial charge in [-0.05, 0) is 31.0 Å². The summed E-state index contributed by atoms with van der Waals surface area (Å²) in [5.41, 5.74) is 3.50. The molecule has 1 atom stereocenters. The number of aromatic nitrogens is 2. The predicted molar refractivity (Wildman–Crippen MR) is 110 cm³/mol. The van der Waals surface area contributed by atoms with E-state index in [0.29, 0.717) is 23.0 Å². The third-order valence-corrected chi connectivity index (χ3v) is 6.66. The van der Waals surface area contributed by atoms with E-state index in [-0.39, 0.29) is 20.9 Å². The van der Waals surface area contributed by atoms with Crippen molar-refractivity contribution in [2.45, 2.75) is 37.1 Å². The number of rotatable bonds is 10. The molecule has 12 heteroatoms. The topological polar surface area (TPSA) is 94.5 Å². The molecule has 2 aromatic rings. The molecule has 0 aliphatic heterocycles. The average molecular weight is 469 g/mol. The molecule has 0 saturated heterocycles. The smallest absolute Gasteiger partial charge is 0.223 e. The van der Waals surface area contributed by atoms with Crippen molar-refractivity contribution in [1.82, 2.24) is 20.0 Å². The van der Waals surface area contributed by atoms with Crippen LogP contribution < -0.4 is 10.2 Å².